The molecule has 2 N–H and O–H groups in total. The molecule has 7 heteroatoms. The van der Waals surface area contributed by atoms with E-state index in [2.05, 4.69) is 10.6 Å². The van der Waals surface area contributed by atoms with E-state index >= 15 is 0 Å². The summed E-state index contributed by atoms with van der Waals surface area (Å²) in [5.74, 6) is -1.25. The standard InChI is InChI=1S/C17H22F2N2O3/c18-11-8-13(19)16-14(10-24-15(16)9-11)21-17(22)20-6-3-5-12-4-1-2-7-23-12/h8-9,12,14H,1-7,10H2,(H2,20,21,22)/t12-,14-/m1/s1. The van der Waals surface area contributed by atoms with Gasteiger partial charge in [-0.3, -0.25) is 0 Å². The molecule has 2 aliphatic rings. The lowest BCUT2D eigenvalue weighted by Crippen LogP contribution is -2.39. The SMILES string of the molecule is O=C(NCCC[C@H]1CCCCO1)N[C@@H]1COc2cc(F)cc(F)c21. The lowest BCUT2D eigenvalue weighted by Gasteiger charge is -2.22. The molecule has 3 rings (SSSR count). The molecule has 2 heterocycles. The molecule has 2 aliphatic heterocycles. The van der Waals surface area contributed by atoms with E-state index in [1.165, 1.54) is 6.42 Å². The van der Waals surface area contributed by atoms with Crippen LogP contribution in [0.4, 0.5) is 13.6 Å². The third-order valence-electron chi connectivity index (χ3n) is 4.38. The highest BCUT2D eigenvalue weighted by Gasteiger charge is 2.29. The van der Waals surface area contributed by atoms with Crippen molar-refractivity contribution in [1.82, 2.24) is 10.6 Å². The number of benzene rings is 1. The van der Waals surface area contributed by atoms with E-state index in [0.29, 0.717) is 12.6 Å². The minimum absolute atomic E-state index is 0.0963. The summed E-state index contributed by atoms with van der Waals surface area (Å²) in [5, 5.41) is 5.42. The Morgan fingerprint density at radius 2 is 2.17 bits per heavy atom. The van der Waals surface area contributed by atoms with Crippen molar-refractivity contribution in [3.8, 4) is 5.75 Å². The molecule has 0 aliphatic carbocycles. The van der Waals surface area contributed by atoms with Crippen LogP contribution in [-0.2, 0) is 4.74 Å². The zero-order valence-electron chi connectivity index (χ0n) is 13.4. The van der Waals surface area contributed by atoms with Gasteiger partial charge in [0.25, 0.3) is 0 Å². The van der Waals surface area contributed by atoms with Crippen LogP contribution in [0.15, 0.2) is 12.1 Å². The van der Waals surface area contributed by atoms with Gasteiger partial charge in [-0.2, -0.15) is 0 Å². The number of hydrogen-bond donors (Lipinski definition) is 2. The van der Waals surface area contributed by atoms with E-state index in [1.54, 1.807) is 0 Å². The third kappa shape index (κ3) is 4.14. The fraction of sp³-hybridized carbons (Fsp3) is 0.588. The number of nitrogens with one attached hydrogen (secondary N) is 2. The van der Waals surface area contributed by atoms with E-state index in [1.807, 2.05) is 0 Å². The van der Waals surface area contributed by atoms with Crippen LogP contribution in [0.1, 0.15) is 43.7 Å². The summed E-state index contributed by atoms with van der Waals surface area (Å²) in [6.45, 7) is 1.45. The largest absolute Gasteiger partial charge is 0.490 e. The second-order valence-corrected chi connectivity index (χ2v) is 6.19. The van der Waals surface area contributed by atoms with Gasteiger partial charge in [-0.05, 0) is 32.1 Å². The molecule has 0 bridgehead atoms. The van der Waals surface area contributed by atoms with E-state index < -0.39 is 17.7 Å². The molecule has 0 spiro atoms. The summed E-state index contributed by atoms with van der Waals surface area (Å²) in [5.41, 5.74) is 0.196. The lowest BCUT2D eigenvalue weighted by atomic mass is 10.0. The summed E-state index contributed by atoms with van der Waals surface area (Å²) < 4.78 is 37.9. The van der Waals surface area contributed by atoms with Crippen LogP contribution in [0.25, 0.3) is 0 Å². The van der Waals surface area contributed by atoms with Gasteiger partial charge in [0.15, 0.2) is 0 Å². The molecule has 24 heavy (non-hydrogen) atoms. The Bertz CT molecular complexity index is 591. The predicted octanol–water partition coefficient (Wildman–Crippen LogP) is 3.05. The van der Waals surface area contributed by atoms with Crippen LogP contribution in [0.5, 0.6) is 5.75 Å². The number of urea groups is 1. The van der Waals surface area contributed by atoms with E-state index in [0.717, 1.165) is 44.4 Å². The molecule has 132 valence electrons. The Hall–Kier alpha value is -1.89. The second kappa shape index (κ2) is 7.79. The second-order valence-electron chi connectivity index (χ2n) is 6.19. The Labute approximate surface area is 139 Å². The third-order valence-corrected chi connectivity index (χ3v) is 4.38. The van der Waals surface area contributed by atoms with Gasteiger partial charge in [0.2, 0.25) is 0 Å². The highest BCUT2D eigenvalue weighted by molar-refractivity contribution is 5.74. The minimum Gasteiger partial charge on any atom is -0.490 e. The van der Waals surface area contributed by atoms with Crippen LogP contribution in [-0.4, -0.2) is 31.9 Å². The maximum Gasteiger partial charge on any atom is 0.315 e. The number of rotatable bonds is 5. The number of amides is 2. The number of fused-ring (bicyclic) bond motifs is 1. The van der Waals surface area contributed by atoms with Crippen LogP contribution in [0.2, 0.25) is 0 Å². The zero-order valence-corrected chi connectivity index (χ0v) is 13.4. The maximum atomic E-state index is 13.9. The Morgan fingerprint density at radius 1 is 1.29 bits per heavy atom. The van der Waals surface area contributed by atoms with Crippen molar-refractivity contribution in [2.75, 3.05) is 19.8 Å². The van der Waals surface area contributed by atoms with Crippen LogP contribution < -0.4 is 15.4 Å². The summed E-state index contributed by atoms with van der Waals surface area (Å²) in [4.78, 5) is 11.9. The zero-order chi connectivity index (χ0) is 16.9. The van der Waals surface area contributed by atoms with Crippen molar-refractivity contribution in [2.24, 2.45) is 0 Å². The molecule has 1 saturated heterocycles. The minimum atomic E-state index is -0.706. The molecular weight excluding hydrogens is 318 g/mol. The average molecular weight is 340 g/mol. The van der Waals surface area contributed by atoms with Crippen molar-refractivity contribution in [3.63, 3.8) is 0 Å². The molecular formula is C17H22F2N2O3. The first kappa shape index (κ1) is 17.0. The first-order valence-electron chi connectivity index (χ1n) is 8.41. The number of hydrogen-bond acceptors (Lipinski definition) is 3. The summed E-state index contributed by atoms with van der Waals surface area (Å²) in [6.07, 6.45) is 5.45. The van der Waals surface area contributed by atoms with Crippen molar-refractivity contribution in [3.05, 3.63) is 29.3 Å². The highest BCUT2D eigenvalue weighted by Crippen LogP contribution is 2.35. The quantitative estimate of drug-likeness (QED) is 0.810. The molecule has 2 atom stereocenters. The normalized spacial score (nSPS) is 22.6. The van der Waals surface area contributed by atoms with Crippen molar-refractivity contribution in [1.29, 1.82) is 0 Å². The summed E-state index contributed by atoms with van der Waals surface area (Å²) >= 11 is 0. The Balaban J connectivity index is 1.42. The summed E-state index contributed by atoms with van der Waals surface area (Å²) in [6, 6.07) is 0.930. The molecule has 0 aromatic heterocycles. The molecule has 1 aromatic rings. The van der Waals surface area contributed by atoms with Gasteiger partial charge < -0.3 is 20.1 Å². The van der Waals surface area contributed by atoms with Crippen molar-refractivity contribution in [2.45, 2.75) is 44.2 Å². The summed E-state index contributed by atoms with van der Waals surface area (Å²) in [7, 11) is 0. The molecule has 5 nitrogen and oxygen atoms in total. The number of carbonyl (C=O) groups excluding carboxylic acids is 1. The monoisotopic (exact) mass is 340 g/mol. The van der Waals surface area contributed by atoms with E-state index in [-0.39, 0.29) is 24.0 Å². The average Bonchev–Trinajstić information content (AvgIpc) is 2.95. The topological polar surface area (TPSA) is 59.6 Å². The smallest absolute Gasteiger partial charge is 0.315 e. The van der Waals surface area contributed by atoms with Crippen molar-refractivity contribution < 1.29 is 23.0 Å². The molecule has 1 fully saturated rings. The fourth-order valence-electron chi connectivity index (χ4n) is 3.17. The Morgan fingerprint density at radius 3 is 2.96 bits per heavy atom. The number of ether oxygens (including phenoxy) is 2. The molecule has 2 amide bonds. The lowest BCUT2D eigenvalue weighted by molar-refractivity contribution is 0.0103. The van der Waals surface area contributed by atoms with Gasteiger partial charge >= 0.3 is 6.03 Å². The molecule has 1 aromatic carbocycles. The molecule has 0 radical (unpaired) electrons. The highest BCUT2D eigenvalue weighted by atomic mass is 19.1. The fourth-order valence-corrected chi connectivity index (χ4v) is 3.17. The molecule has 0 unspecified atom stereocenters. The van der Waals surface area contributed by atoms with Crippen LogP contribution >= 0.6 is 0 Å². The van der Waals surface area contributed by atoms with Crippen LogP contribution in [0, 0.1) is 11.6 Å². The van der Waals surface area contributed by atoms with Gasteiger partial charge in [-0.15, -0.1) is 0 Å². The van der Waals surface area contributed by atoms with Gasteiger partial charge in [-0.1, -0.05) is 0 Å². The van der Waals surface area contributed by atoms with Crippen LogP contribution in [0.3, 0.4) is 0 Å². The number of carbonyl (C=O) groups is 1. The predicted molar refractivity (Wildman–Crippen MR) is 84.0 cm³/mol. The number of halogens is 2. The van der Waals surface area contributed by atoms with Gasteiger partial charge in [-0.25, -0.2) is 13.6 Å². The van der Waals surface area contributed by atoms with Gasteiger partial charge in [0.05, 0.1) is 17.7 Å². The van der Waals surface area contributed by atoms with Crippen molar-refractivity contribution >= 4 is 6.03 Å². The van der Waals surface area contributed by atoms with E-state index in [9.17, 15) is 13.6 Å². The molecule has 0 saturated carbocycles. The van der Waals surface area contributed by atoms with Gasteiger partial charge in [0, 0.05) is 25.3 Å². The maximum absolute atomic E-state index is 13.9. The Kier molecular flexibility index (Phi) is 5.50. The first-order chi connectivity index (χ1) is 11.6. The van der Waals surface area contributed by atoms with E-state index in [4.69, 9.17) is 9.47 Å². The van der Waals surface area contributed by atoms with Gasteiger partial charge in [0.1, 0.15) is 24.0 Å². The first-order valence-corrected chi connectivity index (χ1v) is 8.41.